The van der Waals surface area contributed by atoms with Crippen molar-refractivity contribution in [2.45, 2.75) is 232 Å². The molecule has 0 radical (unpaired) electrons. The molecule has 0 atom stereocenters. The van der Waals surface area contributed by atoms with Crippen molar-refractivity contribution in [2.75, 3.05) is 13.2 Å². The van der Waals surface area contributed by atoms with Gasteiger partial charge in [0.15, 0.2) is 0 Å². The van der Waals surface area contributed by atoms with Crippen LogP contribution in [-0.2, 0) is 33.5 Å². The van der Waals surface area contributed by atoms with E-state index in [9.17, 15) is 0 Å². The number of unbranched alkanes of at least 4 members (excludes halogenated alkanes) is 32. The van der Waals surface area contributed by atoms with Crippen LogP contribution in [0.4, 0.5) is 0 Å². The molecule has 5 heteroatoms. The third kappa shape index (κ3) is 39.1. The standard InChI is InChI=1S/C38H79O2PS2/c1-3-5-7-9-11-13-15-17-19-21-23-25-27-29-31-33-35-37-39-41(42,43)40-38-36-34-32-30-28-26-24-22-20-18-16-14-12-10-8-6-4-2/h3-38H2,1-2H3,(H,42,43)/p-1. The second-order valence-electron chi connectivity index (χ2n) is 13.4. The molecule has 0 saturated heterocycles. The van der Waals surface area contributed by atoms with Crippen molar-refractivity contribution in [1.82, 2.24) is 0 Å². The first kappa shape index (κ1) is 44.0. The molecule has 0 rings (SSSR count). The number of rotatable bonds is 38. The van der Waals surface area contributed by atoms with Gasteiger partial charge in [0.05, 0.1) is 13.2 Å². The minimum atomic E-state index is -2.46. The summed E-state index contributed by atoms with van der Waals surface area (Å²) in [5, 5.41) is 0. The SMILES string of the molecule is CCCCCCCCCCCCCCCCCCCO[P+]([S-])([S-])OCCCCCCCCCCCCCCCCCCC. The van der Waals surface area contributed by atoms with Crippen LogP contribution < -0.4 is 0 Å². The van der Waals surface area contributed by atoms with Crippen LogP contribution in [0.25, 0.3) is 0 Å². The maximum Gasteiger partial charge on any atom is 0.0892 e. The van der Waals surface area contributed by atoms with Crippen molar-refractivity contribution in [3.05, 3.63) is 0 Å². The van der Waals surface area contributed by atoms with E-state index < -0.39 is 6.12 Å². The van der Waals surface area contributed by atoms with E-state index in [4.69, 9.17) is 33.5 Å². The molecule has 0 amide bonds. The van der Waals surface area contributed by atoms with Crippen LogP contribution in [0.3, 0.4) is 0 Å². The smallest absolute Gasteiger partial charge is 0.0892 e. The lowest BCUT2D eigenvalue weighted by molar-refractivity contribution is 0.247. The van der Waals surface area contributed by atoms with Crippen molar-refractivity contribution in [1.29, 1.82) is 0 Å². The van der Waals surface area contributed by atoms with E-state index in [1.807, 2.05) is 0 Å². The Hall–Kier alpha value is 1.05. The normalized spacial score (nSPS) is 12.0. The molecular weight excluding hydrogens is 584 g/mol. The Morgan fingerprint density at radius 1 is 0.279 bits per heavy atom. The lowest BCUT2D eigenvalue weighted by Gasteiger charge is -2.34. The Labute approximate surface area is 284 Å². The molecule has 0 N–H and O–H groups in total. The predicted octanol–water partition coefficient (Wildman–Crippen LogP) is 15.1. The Bertz CT molecular complexity index is 464. The topological polar surface area (TPSA) is 18.5 Å². The van der Waals surface area contributed by atoms with Gasteiger partial charge in [-0.15, -0.1) is 0 Å². The van der Waals surface area contributed by atoms with E-state index in [2.05, 4.69) is 13.8 Å². The average molecular weight is 662 g/mol. The number of hydrogen-bond donors (Lipinski definition) is 0. The first-order valence-electron chi connectivity index (χ1n) is 19.7. The first-order chi connectivity index (χ1) is 21.1. The zero-order valence-corrected chi connectivity index (χ0v) is 32.1. The van der Waals surface area contributed by atoms with Crippen LogP contribution in [0, 0.1) is 0 Å². The number of hydrogen-bond acceptors (Lipinski definition) is 4. The summed E-state index contributed by atoms with van der Waals surface area (Å²) in [5.74, 6) is 0. The molecule has 0 aromatic carbocycles. The van der Waals surface area contributed by atoms with Gasteiger partial charge in [0.2, 0.25) is 0 Å². The van der Waals surface area contributed by atoms with Gasteiger partial charge in [0.25, 0.3) is 0 Å². The quantitative estimate of drug-likeness (QED) is 0.0372. The van der Waals surface area contributed by atoms with Crippen LogP contribution in [-0.4, -0.2) is 13.2 Å². The summed E-state index contributed by atoms with van der Waals surface area (Å²) in [6.07, 6.45) is 44.7. The molecular formula is C38H78O2PS2-. The average Bonchev–Trinajstić information content (AvgIpc) is 3.00. The van der Waals surface area contributed by atoms with Crippen molar-refractivity contribution in [3.63, 3.8) is 0 Å². The highest BCUT2D eigenvalue weighted by Gasteiger charge is 2.10. The van der Waals surface area contributed by atoms with E-state index in [0.29, 0.717) is 13.2 Å². The third-order valence-electron chi connectivity index (χ3n) is 8.99. The molecule has 0 bridgehead atoms. The summed E-state index contributed by atoms with van der Waals surface area (Å²) >= 11 is 10.9. The molecule has 0 unspecified atom stereocenters. The third-order valence-corrected chi connectivity index (χ3v) is 11.3. The van der Waals surface area contributed by atoms with E-state index >= 15 is 0 Å². The highest BCUT2D eigenvalue weighted by Crippen LogP contribution is 2.56. The molecule has 0 heterocycles. The maximum atomic E-state index is 5.81. The Morgan fingerprint density at radius 3 is 0.628 bits per heavy atom. The second kappa shape index (κ2) is 37.5. The molecule has 0 aliphatic heterocycles. The molecule has 0 fully saturated rings. The highest BCUT2D eigenvalue weighted by molar-refractivity contribution is 8.70. The minimum absolute atomic E-state index is 0.679. The van der Waals surface area contributed by atoms with Gasteiger partial charge >= 0.3 is 0 Å². The van der Waals surface area contributed by atoms with E-state index in [1.165, 1.54) is 205 Å². The summed E-state index contributed by atoms with van der Waals surface area (Å²) in [4.78, 5) is 0. The van der Waals surface area contributed by atoms with Crippen LogP contribution in [0.1, 0.15) is 232 Å². The summed E-state index contributed by atoms with van der Waals surface area (Å²) in [6.45, 7) is 5.95. The maximum absolute atomic E-state index is 5.81. The highest BCUT2D eigenvalue weighted by atomic mass is 33.1. The van der Waals surface area contributed by atoms with Gasteiger partial charge in [-0.05, 0) is 12.8 Å². The van der Waals surface area contributed by atoms with Crippen LogP contribution >= 0.6 is 6.12 Å². The second-order valence-corrected chi connectivity index (χ2v) is 18.4. The fraction of sp³-hybridized carbons (Fsp3) is 1.00. The largest absolute Gasteiger partial charge is 0.516 e. The van der Waals surface area contributed by atoms with Crippen molar-refractivity contribution < 1.29 is 9.05 Å². The molecule has 0 aromatic rings. The Kier molecular flexibility index (Phi) is 38.4. The first-order valence-corrected chi connectivity index (χ1v) is 23.4. The molecule has 43 heavy (non-hydrogen) atoms. The fourth-order valence-corrected chi connectivity index (χ4v) is 7.72. The summed E-state index contributed by atoms with van der Waals surface area (Å²) in [5.41, 5.74) is 0. The predicted molar refractivity (Wildman–Crippen MR) is 202 cm³/mol. The lowest BCUT2D eigenvalue weighted by atomic mass is 10.0. The monoisotopic (exact) mass is 662 g/mol. The molecule has 0 aliphatic rings. The molecule has 260 valence electrons. The summed E-state index contributed by atoms with van der Waals surface area (Å²) in [7, 11) is 0. The zero-order valence-electron chi connectivity index (χ0n) is 29.5. The summed E-state index contributed by atoms with van der Waals surface area (Å²) in [6, 6.07) is 0. The molecule has 0 aliphatic carbocycles. The van der Waals surface area contributed by atoms with Gasteiger partial charge in [-0.1, -0.05) is 219 Å². The van der Waals surface area contributed by atoms with Crippen LogP contribution in [0.5, 0.6) is 0 Å². The fourth-order valence-electron chi connectivity index (χ4n) is 6.04. The van der Waals surface area contributed by atoms with Crippen molar-refractivity contribution in [3.8, 4) is 0 Å². The van der Waals surface area contributed by atoms with Gasteiger partial charge < -0.3 is 24.5 Å². The molecule has 2 nitrogen and oxygen atoms in total. The van der Waals surface area contributed by atoms with Crippen molar-refractivity contribution in [2.24, 2.45) is 0 Å². The van der Waals surface area contributed by atoms with Crippen LogP contribution in [0.2, 0.25) is 0 Å². The Morgan fingerprint density at radius 2 is 0.442 bits per heavy atom. The molecule has 0 aromatic heterocycles. The van der Waals surface area contributed by atoms with Gasteiger partial charge in [0.1, 0.15) is 0 Å². The van der Waals surface area contributed by atoms with Gasteiger partial charge in [0, 0.05) is 6.12 Å². The summed E-state index contributed by atoms with van der Waals surface area (Å²) < 4.78 is 11.6. The van der Waals surface area contributed by atoms with Gasteiger partial charge in [-0.25, -0.2) is 0 Å². The Balaban J connectivity index is 3.25. The van der Waals surface area contributed by atoms with Crippen LogP contribution in [0.15, 0.2) is 0 Å². The van der Waals surface area contributed by atoms with E-state index in [0.717, 1.165) is 12.8 Å². The van der Waals surface area contributed by atoms with E-state index in [-0.39, 0.29) is 0 Å². The lowest BCUT2D eigenvalue weighted by Crippen LogP contribution is -2.01. The van der Waals surface area contributed by atoms with E-state index in [1.54, 1.807) is 0 Å². The molecule has 0 spiro atoms. The molecule has 0 saturated carbocycles. The van der Waals surface area contributed by atoms with Gasteiger partial charge in [-0.2, -0.15) is 0 Å². The van der Waals surface area contributed by atoms with Crippen molar-refractivity contribution >= 4 is 30.6 Å². The van der Waals surface area contributed by atoms with Gasteiger partial charge in [-0.3, -0.25) is 9.05 Å². The minimum Gasteiger partial charge on any atom is -0.516 e. The zero-order chi connectivity index (χ0) is 31.4.